The summed E-state index contributed by atoms with van der Waals surface area (Å²) in [5, 5.41) is 10.2. The van der Waals surface area contributed by atoms with Crippen LogP contribution in [0.25, 0.3) is 0 Å². The Balaban J connectivity index is 1.61. The fourth-order valence-electron chi connectivity index (χ4n) is 2.28. The molecule has 2 aromatic carbocycles. The summed E-state index contributed by atoms with van der Waals surface area (Å²) < 4.78 is 11.1. The monoisotopic (exact) mass is 282 g/mol. The van der Waals surface area contributed by atoms with Gasteiger partial charge in [0.25, 0.3) is 0 Å². The fraction of sp³-hybridized carbons (Fsp3) is 0.222. The first-order valence-corrected chi connectivity index (χ1v) is 7.10. The van der Waals surface area contributed by atoms with Crippen LogP contribution in [0.15, 0.2) is 66.4 Å². The SMILES string of the molecule is OC(C1=CCCO1)c1ccc(OCc2ccccc2)cc1. The van der Waals surface area contributed by atoms with Crippen LogP contribution in [0.2, 0.25) is 0 Å². The molecule has 2 aromatic rings. The smallest absolute Gasteiger partial charge is 0.136 e. The predicted octanol–water partition coefficient (Wildman–Crippen LogP) is 3.60. The van der Waals surface area contributed by atoms with Gasteiger partial charge in [0.05, 0.1) is 6.61 Å². The van der Waals surface area contributed by atoms with E-state index in [1.165, 1.54) is 0 Å². The first kappa shape index (κ1) is 13.7. The molecule has 21 heavy (non-hydrogen) atoms. The molecule has 0 spiro atoms. The third-order valence-corrected chi connectivity index (χ3v) is 3.45. The number of ether oxygens (including phenoxy) is 2. The zero-order valence-electron chi connectivity index (χ0n) is 11.7. The van der Waals surface area contributed by atoms with E-state index in [0.29, 0.717) is 19.0 Å². The molecule has 1 atom stereocenters. The Hall–Kier alpha value is -2.26. The lowest BCUT2D eigenvalue weighted by Crippen LogP contribution is -2.02. The summed E-state index contributed by atoms with van der Waals surface area (Å²) in [6.45, 7) is 1.20. The van der Waals surface area contributed by atoms with Gasteiger partial charge >= 0.3 is 0 Å². The maximum absolute atomic E-state index is 10.2. The van der Waals surface area contributed by atoms with Crippen molar-refractivity contribution in [3.8, 4) is 5.75 Å². The number of hydrogen-bond acceptors (Lipinski definition) is 3. The van der Waals surface area contributed by atoms with E-state index in [2.05, 4.69) is 0 Å². The van der Waals surface area contributed by atoms with Crippen LogP contribution < -0.4 is 4.74 Å². The first-order chi connectivity index (χ1) is 10.3. The number of aliphatic hydroxyl groups is 1. The van der Waals surface area contributed by atoms with E-state index < -0.39 is 6.10 Å². The Kier molecular flexibility index (Phi) is 4.22. The van der Waals surface area contributed by atoms with Gasteiger partial charge in [-0.2, -0.15) is 0 Å². The Morgan fingerprint density at radius 3 is 2.48 bits per heavy atom. The van der Waals surface area contributed by atoms with Gasteiger partial charge in [-0.25, -0.2) is 0 Å². The molecule has 0 saturated heterocycles. The van der Waals surface area contributed by atoms with Crippen LogP contribution in [-0.4, -0.2) is 11.7 Å². The lowest BCUT2D eigenvalue weighted by Gasteiger charge is -2.13. The number of rotatable bonds is 5. The van der Waals surface area contributed by atoms with Crippen LogP contribution in [-0.2, 0) is 11.3 Å². The highest BCUT2D eigenvalue weighted by molar-refractivity contribution is 5.32. The molecule has 0 radical (unpaired) electrons. The van der Waals surface area contributed by atoms with E-state index in [1.54, 1.807) is 0 Å². The van der Waals surface area contributed by atoms with Gasteiger partial charge in [0.1, 0.15) is 24.2 Å². The van der Waals surface area contributed by atoms with Gasteiger partial charge in [-0.05, 0) is 29.3 Å². The van der Waals surface area contributed by atoms with Gasteiger partial charge in [0.2, 0.25) is 0 Å². The van der Waals surface area contributed by atoms with Crippen LogP contribution in [0.5, 0.6) is 5.75 Å². The van der Waals surface area contributed by atoms with E-state index in [9.17, 15) is 5.11 Å². The molecular weight excluding hydrogens is 264 g/mol. The molecule has 0 bridgehead atoms. The minimum atomic E-state index is -0.685. The van der Waals surface area contributed by atoms with Crippen molar-refractivity contribution in [2.45, 2.75) is 19.1 Å². The van der Waals surface area contributed by atoms with Gasteiger partial charge in [-0.15, -0.1) is 0 Å². The van der Waals surface area contributed by atoms with Gasteiger partial charge in [-0.3, -0.25) is 0 Å². The molecule has 0 aromatic heterocycles. The predicted molar refractivity (Wildman–Crippen MR) is 80.8 cm³/mol. The largest absolute Gasteiger partial charge is 0.495 e. The number of benzene rings is 2. The highest BCUT2D eigenvalue weighted by atomic mass is 16.5. The van der Waals surface area contributed by atoms with Crippen LogP contribution in [0.1, 0.15) is 23.7 Å². The highest BCUT2D eigenvalue weighted by Crippen LogP contribution is 2.27. The second kappa shape index (κ2) is 6.46. The average Bonchev–Trinajstić information content (AvgIpc) is 3.08. The van der Waals surface area contributed by atoms with Crippen LogP contribution in [0.4, 0.5) is 0 Å². The quantitative estimate of drug-likeness (QED) is 0.910. The second-order valence-electron chi connectivity index (χ2n) is 4.99. The summed E-state index contributed by atoms with van der Waals surface area (Å²) >= 11 is 0. The van der Waals surface area contributed by atoms with Crippen molar-refractivity contribution in [1.82, 2.24) is 0 Å². The summed E-state index contributed by atoms with van der Waals surface area (Å²) in [6.07, 6.45) is 2.12. The molecule has 1 unspecified atom stereocenters. The van der Waals surface area contributed by atoms with E-state index in [4.69, 9.17) is 9.47 Å². The zero-order valence-corrected chi connectivity index (χ0v) is 11.7. The molecule has 108 valence electrons. The molecule has 3 heteroatoms. The first-order valence-electron chi connectivity index (χ1n) is 7.10. The Morgan fingerprint density at radius 2 is 1.81 bits per heavy atom. The normalized spacial score (nSPS) is 15.2. The molecular formula is C18H18O3. The maximum Gasteiger partial charge on any atom is 0.136 e. The van der Waals surface area contributed by atoms with Crippen molar-refractivity contribution < 1.29 is 14.6 Å². The Bertz CT molecular complexity index is 602. The fourth-order valence-corrected chi connectivity index (χ4v) is 2.28. The number of hydrogen-bond donors (Lipinski definition) is 1. The lowest BCUT2D eigenvalue weighted by atomic mass is 10.1. The van der Waals surface area contributed by atoms with E-state index in [0.717, 1.165) is 23.3 Å². The second-order valence-corrected chi connectivity index (χ2v) is 4.99. The molecule has 0 saturated carbocycles. The Morgan fingerprint density at radius 1 is 1.05 bits per heavy atom. The topological polar surface area (TPSA) is 38.7 Å². The minimum absolute atomic E-state index is 0.539. The van der Waals surface area contributed by atoms with Gasteiger partial charge in [0, 0.05) is 6.42 Å². The van der Waals surface area contributed by atoms with Crippen molar-refractivity contribution in [3.63, 3.8) is 0 Å². The van der Waals surface area contributed by atoms with Crippen LogP contribution in [0.3, 0.4) is 0 Å². The molecule has 0 aliphatic carbocycles. The molecule has 0 fully saturated rings. The molecule has 3 nitrogen and oxygen atoms in total. The molecule has 1 N–H and O–H groups in total. The highest BCUT2D eigenvalue weighted by Gasteiger charge is 2.17. The summed E-state index contributed by atoms with van der Waals surface area (Å²) in [5.41, 5.74) is 1.95. The lowest BCUT2D eigenvalue weighted by molar-refractivity contribution is 0.119. The molecule has 1 aliphatic heterocycles. The zero-order chi connectivity index (χ0) is 14.5. The molecule has 3 rings (SSSR count). The standard InChI is InChI=1S/C18H18O3/c19-18(17-7-4-12-20-17)15-8-10-16(11-9-15)21-13-14-5-2-1-3-6-14/h1-3,5-11,18-19H,4,12-13H2. The third-order valence-electron chi connectivity index (χ3n) is 3.45. The Labute approximate surface area is 124 Å². The van der Waals surface area contributed by atoms with Crippen LogP contribution in [0, 0.1) is 0 Å². The van der Waals surface area contributed by atoms with Gasteiger partial charge in [0.15, 0.2) is 0 Å². The minimum Gasteiger partial charge on any atom is -0.495 e. The van der Waals surface area contributed by atoms with Crippen molar-refractivity contribution in [1.29, 1.82) is 0 Å². The molecule has 1 heterocycles. The van der Waals surface area contributed by atoms with E-state index in [1.807, 2.05) is 60.7 Å². The van der Waals surface area contributed by atoms with Crippen LogP contribution >= 0.6 is 0 Å². The third kappa shape index (κ3) is 3.44. The van der Waals surface area contributed by atoms with Crippen molar-refractivity contribution in [3.05, 3.63) is 77.6 Å². The maximum atomic E-state index is 10.2. The average molecular weight is 282 g/mol. The summed E-state index contributed by atoms with van der Waals surface area (Å²) in [6, 6.07) is 17.5. The van der Waals surface area contributed by atoms with Gasteiger partial charge in [-0.1, -0.05) is 42.5 Å². The molecule has 0 amide bonds. The van der Waals surface area contributed by atoms with E-state index in [-0.39, 0.29) is 0 Å². The molecule has 1 aliphatic rings. The summed E-state index contributed by atoms with van der Waals surface area (Å²) in [5.74, 6) is 1.43. The summed E-state index contributed by atoms with van der Waals surface area (Å²) in [7, 11) is 0. The van der Waals surface area contributed by atoms with E-state index >= 15 is 0 Å². The summed E-state index contributed by atoms with van der Waals surface area (Å²) in [4.78, 5) is 0. The number of aliphatic hydroxyl groups excluding tert-OH is 1. The van der Waals surface area contributed by atoms with Crippen molar-refractivity contribution in [2.75, 3.05) is 6.61 Å². The van der Waals surface area contributed by atoms with Gasteiger partial charge < -0.3 is 14.6 Å². The van der Waals surface area contributed by atoms with Crippen molar-refractivity contribution >= 4 is 0 Å². The van der Waals surface area contributed by atoms with Crippen molar-refractivity contribution in [2.24, 2.45) is 0 Å².